The molecule has 0 bridgehead atoms. The van der Waals surface area contributed by atoms with Crippen molar-refractivity contribution in [3.63, 3.8) is 0 Å². The van der Waals surface area contributed by atoms with E-state index in [-0.39, 0.29) is 18.9 Å². The molecule has 4 rings (SSSR count). The Morgan fingerprint density at radius 2 is 1.00 bits per heavy atom. The maximum atomic E-state index is 6.57. The van der Waals surface area contributed by atoms with Crippen molar-refractivity contribution in [1.29, 1.82) is 0 Å². The van der Waals surface area contributed by atoms with Crippen molar-refractivity contribution >= 4 is 19.8 Å². The lowest BCUT2D eigenvalue weighted by molar-refractivity contribution is 0.159. The van der Waals surface area contributed by atoms with Crippen LogP contribution < -0.4 is 5.19 Å². The molecule has 1 aliphatic rings. The zero-order chi connectivity index (χ0) is 18.0. The van der Waals surface area contributed by atoms with Crippen molar-refractivity contribution < 1.29 is 9.31 Å². The first-order valence-corrected chi connectivity index (χ1v) is 12.2. The highest BCUT2D eigenvalue weighted by Gasteiger charge is 2.51. The molecule has 3 aromatic carbocycles. The van der Waals surface area contributed by atoms with Crippen LogP contribution in [-0.4, -0.2) is 14.7 Å². The smallest absolute Gasteiger partial charge is 0.404 e. The third-order valence-electron chi connectivity index (χ3n) is 5.18. The molecule has 130 valence electrons. The van der Waals surface area contributed by atoms with Crippen LogP contribution in [0.5, 0.6) is 0 Å². The largest absolute Gasteiger partial charge is 0.438 e. The maximum absolute atomic E-state index is 6.57. The Morgan fingerprint density at radius 3 is 1.42 bits per heavy atom. The summed E-state index contributed by atoms with van der Waals surface area (Å²) in [6, 6.07) is 31.5. The van der Waals surface area contributed by atoms with Crippen LogP contribution in [0.4, 0.5) is 0 Å². The molecule has 1 aliphatic heterocycles. The molecule has 2 atom stereocenters. The van der Waals surface area contributed by atoms with Gasteiger partial charge in [0, 0.05) is 0 Å². The van der Waals surface area contributed by atoms with Crippen LogP contribution in [-0.2, 0) is 9.31 Å². The van der Waals surface area contributed by atoms with E-state index in [1.54, 1.807) is 0 Å². The molecular formula is C22H23BO2Si. The Kier molecular flexibility index (Phi) is 4.81. The fraction of sp³-hybridized carbons (Fsp3) is 0.182. The minimum Gasteiger partial charge on any atom is -0.404 e. The van der Waals surface area contributed by atoms with Gasteiger partial charge in [-0.05, 0) is 11.1 Å². The van der Waals surface area contributed by atoms with Crippen LogP contribution in [0.2, 0.25) is 13.1 Å². The Balaban J connectivity index is 1.69. The Morgan fingerprint density at radius 1 is 0.615 bits per heavy atom. The quantitative estimate of drug-likeness (QED) is 0.630. The van der Waals surface area contributed by atoms with E-state index in [2.05, 4.69) is 92.0 Å². The SMILES string of the molecule is C[Si](C)(B1O[C@@H](c2ccccc2)[C@H](c2ccccc2)O1)c1ccccc1. The van der Waals surface area contributed by atoms with Crippen LogP contribution in [0.25, 0.3) is 0 Å². The second kappa shape index (κ2) is 7.23. The van der Waals surface area contributed by atoms with Gasteiger partial charge in [0.15, 0.2) is 0 Å². The summed E-state index contributed by atoms with van der Waals surface area (Å²) in [6.45, 7) is 4.46. The molecule has 0 aromatic heterocycles. The molecule has 0 spiro atoms. The molecule has 4 heteroatoms. The lowest BCUT2D eigenvalue weighted by Crippen LogP contribution is -2.56. The van der Waals surface area contributed by atoms with E-state index in [0.29, 0.717) is 0 Å². The number of benzene rings is 3. The van der Waals surface area contributed by atoms with E-state index in [9.17, 15) is 0 Å². The Bertz CT molecular complexity index is 792. The first kappa shape index (κ1) is 17.3. The summed E-state index contributed by atoms with van der Waals surface area (Å²) < 4.78 is 13.1. The van der Waals surface area contributed by atoms with Gasteiger partial charge < -0.3 is 9.31 Å². The van der Waals surface area contributed by atoms with Gasteiger partial charge >= 0.3 is 6.71 Å². The van der Waals surface area contributed by atoms with Gasteiger partial charge in [0.25, 0.3) is 0 Å². The molecule has 1 saturated heterocycles. The predicted molar refractivity (Wildman–Crippen MR) is 110 cm³/mol. The van der Waals surface area contributed by atoms with Crippen LogP contribution in [0.15, 0.2) is 91.0 Å². The second-order valence-corrected chi connectivity index (χ2v) is 11.8. The summed E-state index contributed by atoms with van der Waals surface area (Å²) in [6.07, 6.45) is -0.168. The molecule has 1 fully saturated rings. The number of rotatable bonds is 4. The summed E-state index contributed by atoms with van der Waals surface area (Å²) in [5.74, 6) is 0. The molecule has 2 nitrogen and oxygen atoms in total. The normalized spacial score (nSPS) is 20.3. The Labute approximate surface area is 156 Å². The highest BCUT2D eigenvalue weighted by Crippen LogP contribution is 2.43. The zero-order valence-electron chi connectivity index (χ0n) is 15.2. The fourth-order valence-corrected chi connectivity index (χ4v) is 5.87. The van der Waals surface area contributed by atoms with E-state index in [1.165, 1.54) is 16.3 Å². The molecule has 26 heavy (non-hydrogen) atoms. The van der Waals surface area contributed by atoms with E-state index in [0.717, 1.165) is 0 Å². The number of hydrogen-bond donors (Lipinski definition) is 0. The average molecular weight is 358 g/mol. The third kappa shape index (κ3) is 3.28. The summed E-state index contributed by atoms with van der Waals surface area (Å²) in [5, 5.41) is 1.35. The summed E-state index contributed by atoms with van der Waals surface area (Å²) in [4.78, 5) is 0. The van der Waals surface area contributed by atoms with E-state index in [1.807, 2.05) is 12.1 Å². The average Bonchev–Trinajstić information content (AvgIpc) is 3.16. The summed E-state index contributed by atoms with van der Waals surface area (Å²) in [7, 11) is -1.94. The van der Waals surface area contributed by atoms with E-state index < -0.39 is 7.94 Å². The number of hydrogen-bond acceptors (Lipinski definition) is 2. The molecule has 0 unspecified atom stereocenters. The molecule has 0 amide bonds. The monoisotopic (exact) mass is 358 g/mol. The van der Waals surface area contributed by atoms with Crippen molar-refractivity contribution in [2.24, 2.45) is 0 Å². The van der Waals surface area contributed by atoms with Gasteiger partial charge in [-0.15, -0.1) is 0 Å². The van der Waals surface area contributed by atoms with Crippen molar-refractivity contribution in [3.05, 3.63) is 102 Å². The minimum absolute atomic E-state index is 0.0842. The molecule has 0 radical (unpaired) electrons. The second-order valence-electron chi connectivity index (χ2n) is 7.35. The molecule has 0 N–H and O–H groups in total. The van der Waals surface area contributed by atoms with Gasteiger partial charge in [0.1, 0.15) is 7.94 Å². The predicted octanol–water partition coefficient (Wildman–Crippen LogP) is 4.70. The molecule has 0 saturated carbocycles. The van der Waals surface area contributed by atoms with Crippen LogP contribution in [0.1, 0.15) is 23.3 Å². The first-order valence-electron chi connectivity index (χ1n) is 9.12. The molecule has 1 heterocycles. The molecule has 0 aliphatic carbocycles. The summed E-state index contributed by atoms with van der Waals surface area (Å²) >= 11 is 0. The van der Waals surface area contributed by atoms with Crippen LogP contribution >= 0.6 is 0 Å². The minimum atomic E-state index is -1.94. The van der Waals surface area contributed by atoms with Gasteiger partial charge in [-0.3, -0.25) is 0 Å². The van der Waals surface area contributed by atoms with Crippen LogP contribution in [0, 0.1) is 0 Å². The highest BCUT2D eigenvalue weighted by atomic mass is 28.3. The van der Waals surface area contributed by atoms with Gasteiger partial charge in [0.2, 0.25) is 0 Å². The Hall–Kier alpha value is -2.14. The molecule has 3 aromatic rings. The van der Waals surface area contributed by atoms with Crippen molar-refractivity contribution in [2.75, 3.05) is 0 Å². The molecular weight excluding hydrogens is 335 g/mol. The lowest BCUT2D eigenvalue weighted by atomic mass is 9.99. The highest BCUT2D eigenvalue weighted by molar-refractivity contribution is 7.33. The standard InChI is InChI=1S/C22H23BO2Si/c1-26(2,20-16-10-5-11-17-20)23-24-21(18-12-6-3-7-13-18)22(25-23)19-14-8-4-9-15-19/h3-17,21-22H,1-2H3/t21-,22-/m0/s1. The maximum Gasteiger partial charge on any atom is 0.438 e. The van der Waals surface area contributed by atoms with Crippen molar-refractivity contribution in [3.8, 4) is 0 Å². The van der Waals surface area contributed by atoms with Gasteiger partial charge in [-0.1, -0.05) is 109 Å². The van der Waals surface area contributed by atoms with Crippen molar-refractivity contribution in [2.45, 2.75) is 25.3 Å². The lowest BCUT2D eigenvalue weighted by Gasteiger charge is -2.25. The van der Waals surface area contributed by atoms with E-state index in [4.69, 9.17) is 9.31 Å². The first-order chi connectivity index (χ1) is 12.7. The van der Waals surface area contributed by atoms with Gasteiger partial charge in [-0.2, -0.15) is 0 Å². The van der Waals surface area contributed by atoms with Crippen molar-refractivity contribution in [1.82, 2.24) is 0 Å². The third-order valence-corrected chi connectivity index (χ3v) is 8.45. The van der Waals surface area contributed by atoms with E-state index >= 15 is 0 Å². The topological polar surface area (TPSA) is 18.5 Å². The fourth-order valence-electron chi connectivity index (χ4n) is 3.58. The van der Waals surface area contributed by atoms with Gasteiger partial charge in [-0.25, -0.2) is 0 Å². The van der Waals surface area contributed by atoms with Gasteiger partial charge in [0.05, 0.1) is 12.2 Å². The zero-order valence-corrected chi connectivity index (χ0v) is 16.2. The summed E-state index contributed by atoms with van der Waals surface area (Å²) in [5.41, 5.74) is 2.34. The van der Waals surface area contributed by atoms with Crippen LogP contribution in [0.3, 0.4) is 0 Å².